The fourth-order valence-electron chi connectivity index (χ4n) is 1.27. The number of anilines is 1. The quantitative estimate of drug-likeness (QED) is 0.906. The molecule has 0 radical (unpaired) electrons. The highest BCUT2D eigenvalue weighted by Gasteiger charge is 2.15. The van der Waals surface area contributed by atoms with E-state index in [1.807, 2.05) is 0 Å². The Hall–Kier alpha value is -1.60. The van der Waals surface area contributed by atoms with E-state index >= 15 is 0 Å². The number of hydrogen-bond acceptors (Lipinski definition) is 4. The minimum absolute atomic E-state index is 0.00738. The lowest BCUT2D eigenvalue weighted by molar-refractivity contribution is 0.475. The standard InChI is InChI=1S/C11H9BrN2O3S/c12-10-2-1-7-13-11(10)14-18(16,17)9-5-3-8(15)4-6-9/h1-7,15H,(H,13,14). The van der Waals surface area contributed by atoms with Gasteiger partial charge in [-0.05, 0) is 52.3 Å². The highest BCUT2D eigenvalue weighted by atomic mass is 79.9. The number of aromatic hydroxyl groups is 1. The lowest BCUT2D eigenvalue weighted by Gasteiger charge is -2.08. The first-order chi connectivity index (χ1) is 8.49. The highest BCUT2D eigenvalue weighted by molar-refractivity contribution is 9.10. The first-order valence-corrected chi connectivity index (χ1v) is 7.19. The Balaban J connectivity index is 2.33. The lowest BCUT2D eigenvalue weighted by Crippen LogP contribution is -2.14. The molecule has 94 valence electrons. The summed E-state index contributed by atoms with van der Waals surface area (Å²) in [4.78, 5) is 3.97. The predicted molar refractivity (Wildman–Crippen MR) is 70.9 cm³/mol. The third-order valence-corrected chi connectivity index (χ3v) is 4.13. The second-order valence-corrected chi connectivity index (χ2v) is 5.97. The molecule has 0 atom stereocenters. The van der Waals surface area contributed by atoms with Crippen LogP contribution >= 0.6 is 15.9 Å². The zero-order valence-electron chi connectivity index (χ0n) is 9.04. The number of nitrogens with zero attached hydrogens (tertiary/aromatic N) is 1. The van der Waals surface area contributed by atoms with Crippen molar-refractivity contribution in [3.8, 4) is 5.75 Å². The average Bonchev–Trinajstić information content (AvgIpc) is 2.32. The number of hydrogen-bond donors (Lipinski definition) is 2. The van der Waals surface area contributed by atoms with E-state index in [9.17, 15) is 8.42 Å². The van der Waals surface area contributed by atoms with Crippen LogP contribution in [0, 0.1) is 0 Å². The van der Waals surface area contributed by atoms with Crippen LogP contribution in [0.2, 0.25) is 0 Å². The molecule has 0 saturated carbocycles. The van der Waals surface area contributed by atoms with Crippen molar-refractivity contribution in [2.24, 2.45) is 0 Å². The van der Waals surface area contributed by atoms with Crippen molar-refractivity contribution in [1.82, 2.24) is 4.98 Å². The van der Waals surface area contributed by atoms with Crippen LogP contribution in [0.1, 0.15) is 0 Å². The van der Waals surface area contributed by atoms with Gasteiger partial charge in [-0.1, -0.05) is 0 Å². The van der Waals surface area contributed by atoms with E-state index in [4.69, 9.17) is 5.11 Å². The molecule has 0 unspecified atom stereocenters. The molecule has 5 nitrogen and oxygen atoms in total. The summed E-state index contributed by atoms with van der Waals surface area (Å²) >= 11 is 3.20. The van der Waals surface area contributed by atoms with Crippen LogP contribution in [-0.4, -0.2) is 18.5 Å². The molecule has 1 aromatic heterocycles. The Morgan fingerprint density at radius 1 is 1.17 bits per heavy atom. The predicted octanol–water partition coefficient (Wildman–Crippen LogP) is 2.35. The average molecular weight is 329 g/mol. The van der Waals surface area contributed by atoms with Gasteiger partial charge in [0.15, 0.2) is 5.82 Å². The number of sulfonamides is 1. The number of halogens is 1. The van der Waals surface area contributed by atoms with Crippen LogP contribution in [0.3, 0.4) is 0 Å². The molecule has 2 N–H and O–H groups in total. The van der Waals surface area contributed by atoms with Gasteiger partial charge in [-0.2, -0.15) is 0 Å². The normalized spacial score (nSPS) is 11.2. The number of rotatable bonds is 3. The second-order valence-electron chi connectivity index (χ2n) is 3.43. The van der Waals surface area contributed by atoms with Crippen molar-refractivity contribution < 1.29 is 13.5 Å². The molecule has 1 heterocycles. The molecule has 1 aromatic carbocycles. The summed E-state index contributed by atoms with van der Waals surface area (Å²) in [6.07, 6.45) is 1.49. The molecule has 0 amide bonds. The van der Waals surface area contributed by atoms with Crippen LogP contribution in [0.15, 0.2) is 52.0 Å². The number of nitrogens with one attached hydrogen (secondary N) is 1. The van der Waals surface area contributed by atoms with Gasteiger partial charge in [0.25, 0.3) is 10.0 Å². The lowest BCUT2D eigenvalue weighted by atomic mass is 10.3. The minimum atomic E-state index is -3.71. The van der Waals surface area contributed by atoms with Gasteiger partial charge in [-0.3, -0.25) is 4.72 Å². The number of benzene rings is 1. The van der Waals surface area contributed by atoms with E-state index in [0.717, 1.165) is 0 Å². The van der Waals surface area contributed by atoms with Crippen LogP contribution in [0.5, 0.6) is 5.75 Å². The molecule has 0 aliphatic carbocycles. The first kappa shape index (κ1) is 12.8. The fraction of sp³-hybridized carbons (Fsp3) is 0. The monoisotopic (exact) mass is 328 g/mol. The molecular formula is C11H9BrN2O3S. The zero-order chi connectivity index (χ0) is 13.2. The van der Waals surface area contributed by atoms with Gasteiger partial charge < -0.3 is 5.11 Å². The molecule has 0 fully saturated rings. The van der Waals surface area contributed by atoms with Crippen LogP contribution < -0.4 is 4.72 Å². The van der Waals surface area contributed by atoms with E-state index in [2.05, 4.69) is 25.6 Å². The first-order valence-electron chi connectivity index (χ1n) is 4.91. The third-order valence-electron chi connectivity index (χ3n) is 2.14. The maximum atomic E-state index is 12.0. The summed E-state index contributed by atoms with van der Waals surface area (Å²) in [5.74, 6) is 0.221. The maximum absolute atomic E-state index is 12.0. The Morgan fingerprint density at radius 2 is 1.83 bits per heavy atom. The van der Waals surface area contributed by atoms with E-state index < -0.39 is 10.0 Å². The number of aromatic nitrogens is 1. The van der Waals surface area contributed by atoms with Gasteiger partial charge in [0.05, 0.1) is 9.37 Å². The molecule has 0 spiro atoms. The summed E-state index contributed by atoms with van der Waals surface area (Å²) in [5, 5.41) is 9.12. The molecular weight excluding hydrogens is 320 g/mol. The Kier molecular flexibility index (Phi) is 3.53. The van der Waals surface area contributed by atoms with E-state index in [1.54, 1.807) is 12.1 Å². The van der Waals surface area contributed by atoms with Gasteiger partial charge in [0.2, 0.25) is 0 Å². The molecule has 0 aliphatic rings. The van der Waals surface area contributed by atoms with Crippen molar-refractivity contribution >= 4 is 31.8 Å². The van der Waals surface area contributed by atoms with Crippen molar-refractivity contribution in [3.05, 3.63) is 47.1 Å². The fourth-order valence-corrected chi connectivity index (χ4v) is 2.79. The van der Waals surface area contributed by atoms with Crippen LogP contribution in [-0.2, 0) is 10.0 Å². The third kappa shape index (κ3) is 2.80. The summed E-state index contributed by atoms with van der Waals surface area (Å²) in [6.45, 7) is 0. The highest BCUT2D eigenvalue weighted by Crippen LogP contribution is 2.22. The Bertz CT molecular complexity index is 656. The second kappa shape index (κ2) is 4.95. The molecule has 18 heavy (non-hydrogen) atoms. The Labute approximate surface area is 113 Å². The molecule has 2 aromatic rings. The van der Waals surface area contributed by atoms with E-state index in [1.165, 1.54) is 30.5 Å². The smallest absolute Gasteiger partial charge is 0.263 e. The minimum Gasteiger partial charge on any atom is -0.508 e. The van der Waals surface area contributed by atoms with Gasteiger partial charge in [0, 0.05) is 6.20 Å². The number of phenols is 1. The molecule has 0 bridgehead atoms. The van der Waals surface area contributed by atoms with Crippen molar-refractivity contribution in [1.29, 1.82) is 0 Å². The summed E-state index contributed by atoms with van der Waals surface area (Å²) in [5.41, 5.74) is 0. The van der Waals surface area contributed by atoms with Gasteiger partial charge in [-0.25, -0.2) is 13.4 Å². The summed E-state index contributed by atoms with van der Waals surface area (Å²) in [6, 6.07) is 8.61. The summed E-state index contributed by atoms with van der Waals surface area (Å²) < 4.78 is 26.9. The molecule has 0 aliphatic heterocycles. The van der Waals surface area contributed by atoms with Gasteiger partial charge in [-0.15, -0.1) is 0 Å². The van der Waals surface area contributed by atoms with E-state index in [-0.39, 0.29) is 16.5 Å². The number of phenolic OH excluding ortho intramolecular Hbond substituents is 1. The number of pyridine rings is 1. The van der Waals surface area contributed by atoms with Gasteiger partial charge >= 0.3 is 0 Å². The maximum Gasteiger partial charge on any atom is 0.263 e. The SMILES string of the molecule is O=S(=O)(Nc1ncccc1Br)c1ccc(O)cc1. The topological polar surface area (TPSA) is 79.3 Å². The van der Waals surface area contributed by atoms with Crippen LogP contribution in [0.25, 0.3) is 0 Å². The van der Waals surface area contributed by atoms with E-state index in [0.29, 0.717) is 4.47 Å². The molecule has 2 rings (SSSR count). The zero-order valence-corrected chi connectivity index (χ0v) is 11.4. The largest absolute Gasteiger partial charge is 0.508 e. The van der Waals surface area contributed by atoms with Crippen molar-refractivity contribution in [2.45, 2.75) is 4.90 Å². The molecule has 7 heteroatoms. The van der Waals surface area contributed by atoms with Gasteiger partial charge in [0.1, 0.15) is 5.75 Å². The van der Waals surface area contributed by atoms with Crippen molar-refractivity contribution in [3.63, 3.8) is 0 Å². The Morgan fingerprint density at radius 3 is 2.44 bits per heavy atom. The van der Waals surface area contributed by atoms with Crippen molar-refractivity contribution in [2.75, 3.05) is 4.72 Å². The summed E-state index contributed by atoms with van der Waals surface area (Å²) in [7, 11) is -3.71. The van der Waals surface area contributed by atoms with Crippen LogP contribution in [0.4, 0.5) is 5.82 Å². The molecule has 0 saturated heterocycles.